The van der Waals surface area contributed by atoms with E-state index in [2.05, 4.69) is 34.2 Å². The van der Waals surface area contributed by atoms with Crippen molar-refractivity contribution in [1.82, 2.24) is 19.9 Å². The van der Waals surface area contributed by atoms with Gasteiger partial charge in [-0.2, -0.15) is 4.98 Å². The Morgan fingerprint density at radius 1 is 1.29 bits per heavy atom. The summed E-state index contributed by atoms with van der Waals surface area (Å²) in [6, 6.07) is 6.14. The SMILES string of the molecule is CC(C)Nc1cc(-c2noc(C3CCN(C(=O)OC(C)(C)C)CC3)n2)ccc1C(=N)CCN(C)C. The molecule has 1 aliphatic rings. The molecule has 1 aromatic carbocycles. The quantitative estimate of drug-likeness (QED) is 0.508. The number of benzene rings is 1. The molecule has 1 aromatic heterocycles. The standard InChI is InChI=1S/C26H40N6O3/c1-17(2)28-22-16-19(8-9-20(22)21(27)12-13-31(6)7)23-29-24(35-30-23)18-10-14-32(15-11-18)25(33)34-26(3,4)5/h8-9,16-18,27-28H,10-15H2,1-7H3. The maximum atomic E-state index is 12.3. The first-order valence-corrected chi connectivity index (χ1v) is 12.4. The van der Waals surface area contributed by atoms with Crippen LogP contribution >= 0.6 is 0 Å². The zero-order chi connectivity index (χ0) is 25.8. The highest BCUT2D eigenvalue weighted by Crippen LogP contribution is 2.31. The van der Waals surface area contributed by atoms with Gasteiger partial charge in [-0.05, 0) is 67.6 Å². The maximum absolute atomic E-state index is 12.3. The number of carbonyl (C=O) groups excluding carboxylic acids is 1. The molecule has 1 fully saturated rings. The van der Waals surface area contributed by atoms with E-state index in [-0.39, 0.29) is 18.1 Å². The number of hydrogen-bond acceptors (Lipinski definition) is 8. The highest BCUT2D eigenvalue weighted by Gasteiger charge is 2.30. The molecule has 9 nitrogen and oxygen atoms in total. The van der Waals surface area contributed by atoms with Crippen molar-refractivity contribution in [3.63, 3.8) is 0 Å². The Morgan fingerprint density at radius 2 is 1.97 bits per heavy atom. The van der Waals surface area contributed by atoms with Crippen molar-refractivity contribution >= 4 is 17.5 Å². The Bertz CT molecular complexity index is 1020. The first-order valence-electron chi connectivity index (χ1n) is 12.4. The molecule has 9 heteroatoms. The Hall–Kier alpha value is -2.94. The normalized spacial score (nSPS) is 15.1. The summed E-state index contributed by atoms with van der Waals surface area (Å²) in [7, 11) is 4.03. The Balaban J connectivity index is 1.71. The second-order valence-corrected chi connectivity index (χ2v) is 10.8. The summed E-state index contributed by atoms with van der Waals surface area (Å²) in [5, 5.41) is 16.3. The Morgan fingerprint density at radius 3 is 2.57 bits per heavy atom. The van der Waals surface area contributed by atoms with E-state index < -0.39 is 5.60 Å². The van der Waals surface area contributed by atoms with E-state index in [1.54, 1.807) is 4.90 Å². The number of amides is 1. The molecule has 0 radical (unpaired) electrons. The summed E-state index contributed by atoms with van der Waals surface area (Å²) in [5.74, 6) is 1.25. The summed E-state index contributed by atoms with van der Waals surface area (Å²) in [6.45, 7) is 11.8. The van der Waals surface area contributed by atoms with Crippen LogP contribution in [0.25, 0.3) is 11.4 Å². The highest BCUT2D eigenvalue weighted by molar-refractivity contribution is 6.03. The highest BCUT2D eigenvalue weighted by atomic mass is 16.6. The molecule has 2 heterocycles. The molecule has 1 aliphatic heterocycles. The van der Waals surface area contributed by atoms with Crippen LogP contribution in [0.5, 0.6) is 0 Å². The molecule has 1 amide bonds. The lowest BCUT2D eigenvalue weighted by molar-refractivity contribution is 0.0198. The summed E-state index contributed by atoms with van der Waals surface area (Å²) in [5.41, 5.74) is 2.73. The third-order valence-corrected chi connectivity index (χ3v) is 5.79. The van der Waals surface area contributed by atoms with Crippen LogP contribution in [-0.2, 0) is 4.74 Å². The molecule has 3 rings (SSSR count). The van der Waals surface area contributed by atoms with Crippen molar-refractivity contribution in [2.24, 2.45) is 0 Å². The van der Waals surface area contributed by atoms with Crippen LogP contribution in [0.2, 0.25) is 0 Å². The van der Waals surface area contributed by atoms with Gasteiger partial charge in [0.2, 0.25) is 11.7 Å². The maximum Gasteiger partial charge on any atom is 0.410 e. The monoisotopic (exact) mass is 484 g/mol. The summed E-state index contributed by atoms with van der Waals surface area (Å²) >= 11 is 0. The van der Waals surface area contributed by atoms with Gasteiger partial charge in [0.1, 0.15) is 5.60 Å². The first-order chi connectivity index (χ1) is 16.4. The van der Waals surface area contributed by atoms with Crippen molar-refractivity contribution < 1.29 is 14.1 Å². The van der Waals surface area contributed by atoms with Gasteiger partial charge in [-0.3, -0.25) is 0 Å². The van der Waals surface area contributed by atoms with Crippen molar-refractivity contribution in [3.8, 4) is 11.4 Å². The number of carbonyl (C=O) groups is 1. The van der Waals surface area contributed by atoms with Crippen LogP contribution in [0.4, 0.5) is 10.5 Å². The number of nitrogens with one attached hydrogen (secondary N) is 2. The van der Waals surface area contributed by atoms with E-state index in [1.807, 2.05) is 53.1 Å². The molecular formula is C26H40N6O3. The second-order valence-electron chi connectivity index (χ2n) is 10.8. The van der Waals surface area contributed by atoms with Crippen LogP contribution in [-0.4, -0.2) is 77.1 Å². The predicted molar refractivity (Wildman–Crippen MR) is 138 cm³/mol. The lowest BCUT2D eigenvalue weighted by atomic mass is 9.97. The molecule has 0 spiro atoms. The molecular weight excluding hydrogens is 444 g/mol. The largest absolute Gasteiger partial charge is 0.444 e. The van der Waals surface area contributed by atoms with Crippen molar-refractivity contribution in [3.05, 3.63) is 29.7 Å². The van der Waals surface area contributed by atoms with Gasteiger partial charge in [0.05, 0.1) is 0 Å². The molecule has 35 heavy (non-hydrogen) atoms. The van der Waals surface area contributed by atoms with Crippen molar-refractivity contribution in [2.75, 3.05) is 39.0 Å². The fourth-order valence-corrected chi connectivity index (χ4v) is 4.00. The molecule has 0 aliphatic carbocycles. The third-order valence-electron chi connectivity index (χ3n) is 5.79. The van der Waals surface area contributed by atoms with Gasteiger partial charge in [-0.15, -0.1) is 0 Å². The van der Waals surface area contributed by atoms with Gasteiger partial charge < -0.3 is 29.8 Å². The van der Waals surface area contributed by atoms with Crippen LogP contribution in [0.3, 0.4) is 0 Å². The Labute approximate surface area is 208 Å². The van der Waals surface area contributed by atoms with E-state index in [1.165, 1.54) is 0 Å². The molecule has 0 atom stereocenters. The number of aromatic nitrogens is 2. The summed E-state index contributed by atoms with van der Waals surface area (Å²) in [4.78, 5) is 20.8. The average molecular weight is 485 g/mol. The molecule has 0 unspecified atom stereocenters. The lowest BCUT2D eigenvalue weighted by Crippen LogP contribution is -2.41. The second kappa shape index (κ2) is 11.2. The molecule has 192 valence electrons. The van der Waals surface area contributed by atoms with E-state index >= 15 is 0 Å². The smallest absolute Gasteiger partial charge is 0.410 e. The van der Waals surface area contributed by atoms with Gasteiger partial charge in [-0.1, -0.05) is 17.3 Å². The third kappa shape index (κ3) is 7.52. The number of anilines is 1. The van der Waals surface area contributed by atoms with Crippen molar-refractivity contribution in [2.45, 2.75) is 71.4 Å². The number of rotatable bonds is 8. The van der Waals surface area contributed by atoms with Gasteiger partial charge in [-0.25, -0.2) is 4.79 Å². The first kappa shape index (κ1) is 26.7. The van der Waals surface area contributed by atoms with Gasteiger partial charge in [0.15, 0.2) is 0 Å². The minimum atomic E-state index is -0.501. The average Bonchev–Trinajstić information content (AvgIpc) is 3.26. The number of piperidine rings is 1. The minimum absolute atomic E-state index is 0.113. The van der Waals surface area contributed by atoms with Gasteiger partial charge in [0.25, 0.3) is 0 Å². The van der Waals surface area contributed by atoms with E-state index in [9.17, 15) is 4.79 Å². The Kier molecular flexibility index (Phi) is 8.53. The lowest BCUT2D eigenvalue weighted by Gasteiger charge is -2.32. The topological polar surface area (TPSA) is 108 Å². The van der Waals surface area contributed by atoms with Crippen LogP contribution in [0.15, 0.2) is 22.7 Å². The summed E-state index contributed by atoms with van der Waals surface area (Å²) in [6.07, 6.45) is 1.91. The number of nitrogens with zero attached hydrogens (tertiary/aromatic N) is 4. The van der Waals surface area contributed by atoms with E-state index in [4.69, 9.17) is 14.7 Å². The fourth-order valence-electron chi connectivity index (χ4n) is 4.00. The minimum Gasteiger partial charge on any atom is -0.444 e. The van der Waals surface area contributed by atoms with Crippen LogP contribution in [0, 0.1) is 5.41 Å². The molecule has 1 saturated heterocycles. The predicted octanol–water partition coefficient (Wildman–Crippen LogP) is 4.99. The fraction of sp³-hybridized carbons (Fsp3) is 0.615. The number of likely N-dealkylation sites (tertiary alicyclic amines) is 1. The molecule has 2 aromatic rings. The molecule has 0 saturated carbocycles. The van der Waals surface area contributed by atoms with E-state index in [0.717, 1.165) is 36.2 Å². The zero-order valence-electron chi connectivity index (χ0n) is 22.1. The van der Waals surface area contributed by atoms with E-state index in [0.29, 0.717) is 36.9 Å². The number of ether oxygens (including phenoxy) is 1. The van der Waals surface area contributed by atoms with Gasteiger partial charge >= 0.3 is 6.09 Å². The van der Waals surface area contributed by atoms with Crippen molar-refractivity contribution in [1.29, 1.82) is 5.41 Å². The van der Waals surface area contributed by atoms with Gasteiger partial charge in [0, 0.05) is 60.5 Å². The number of hydrogen-bond donors (Lipinski definition) is 2. The molecule has 2 N–H and O–H groups in total. The zero-order valence-corrected chi connectivity index (χ0v) is 22.1. The molecule has 0 bridgehead atoms. The summed E-state index contributed by atoms with van der Waals surface area (Å²) < 4.78 is 11.1. The van der Waals surface area contributed by atoms with Crippen LogP contribution < -0.4 is 5.32 Å². The van der Waals surface area contributed by atoms with Crippen LogP contribution in [0.1, 0.15) is 71.3 Å².